The third-order valence-electron chi connectivity index (χ3n) is 10.4. The second kappa shape index (κ2) is 17.8. The lowest BCUT2D eigenvalue weighted by atomic mass is 9.92. The Bertz CT molecular complexity index is 2810. The quantitative estimate of drug-likeness (QED) is 0.0332. The topological polar surface area (TPSA) is 377 Å². The van der Waals surface area contributed by atoms with E-state index in [1.54, 1.807) is 0 Å². The second-order valence-electron chi connectivity index (χ2n) is 14.7. The van der Waals surface area contributed by atoms with Gasteiger partial charge in [0.1, 0.15) is 35.5 Å². The van der Waals surface area contributed by atoms with E-state index in [9.17, 15) is 85.6 Å². The van der Waals surface area contributed by atoms with Gasteiger partial charge in [-0.2, -0.15) is 0 Å². The molecular weight excluding hydrogens is 880 g/mol. The van der Waals surface area contributed by atoms with Crippen molar-refractivity contribution in [2.45, 2.75) is 43.5 Å². The molecule has 0 radical (unpaired) electrons. The molecule has 2 heterocycles. The van der Waals surface area contributed by atoms with Gasteiger partial charge in [-0.1, -0.05) is 12.1 Å². The van der Waals surface area contributed by atoms with E-state index in [4.69, 9.17) is 23.7 Å². The zero-order valence-corrected chi connectivity index (χ0v) is 33.4. The number of benzene rings is 5. The van der Waals surface area contributed by atoms with Crippen molar-refractivity contribution in [3.05, 3.63) is 94.6 Å². The van der Waals surface area contributed by atoms with E-state index in [1.165, 1.54) is 24.3 Å². The Morgan fingerprint density at radius 1 is 0.652 bits per heavy atom. The normalized spacial score (nSPS) is 19.3. The van der Waals surface area contributed by atoms with E-state index >= 15 is 0 Å². The van der Waals surface area contributed by atoms with Crippen molar-refractivity contribution in [3.63, 3.8) is 0 Å². The molecule has 0 amide bonds. The molecule has 1 fully saturated rings. The lowest BCUT2D eigenvalue weighted by molar-refractivity contribution is -0.279. The summed E-state index contributed by atoms with van der Waals surface area (Å²) in [6, 6.07) is 10.1. The minimum absolute atomic E-state index is 0.00306. The molecule has 0 saturated carbocycles. The van der Waals surface area contributed by atoms with Gasteiger partial charge >= 0.3 is 17.9 Å². The van der Waals surface area contributed by atoms with Crippen LogP contribution in [0.1, 0.15) is 48.6 Å². The molecule has 5 aromatic rings. The summed E-state index contributed by atoms with van der Waals surface area (Å²) in [5.41, 5.74) is -3.65. The number of esters is 3. The minimum Gasteiger partial charge on any atom is -0.507 e. The predicted molar refractivity (Wildman–Crippen MR) is 218 cm³/mol. The highest BCUT2D eigenvalue weighted by atomic mass is 16.7. The van der Waals surface area contributed by atoms with Crippen molar-refractivity contribution >= 4 is 29.8 Å². The van der Waals surface area contributed by atoms with Gasteiger partial charge in [0.25, 0.3) is 0 Å². The van der Waals surface area contributed by atoms with Crippen LogP contribution in [0.3, 0.4) is 0 Å². The first-order valence-corrected chi connectivity index (χ1v) is 19.2. The van der Waals surface area contributed by atoms with Crippen molar-refractivity contribution in [1.29, 1.82) is 0 Å². The van der Waals surface area contributed by atoms with Crippen molar-refractivity contribution in [3.8, 4) is 85.9 Å². The SMILES string of the molecule is O=C(/C=C/c1ccc(O)c(O)c1)O[C@@H]1[C@@H](O)[C@H](Oc2cc(O)c(C(=O)CCc3ccc(O)c(O)c3)c(O)c2)O[C@@H]2COC(=O)c3cc(O)c(O)c(O)c3-c3c(cc(O)c(O)c3O)C(=O)O[C@@H]12. The molecule has 344 valence electrons. The molecule has 13 N–H and O–H groups in total. The van der Waals surface area contributed by atoms with E-state index in [0.29, 0.717) is 17.7 Å². The number of hydrogen-bond donors (Lipinski definition) is 13. The number of aryl methyl sites for hydroxylation is 1. The summed E-state index contributed by atoms with van der Waals surface area (Å²) in [5, 5.41) is 136. The molecule has 7 rings (SSSR count). The summed E-state index contributed by atoms with van der Waals surface area (Å²) in [6.07, 6.45) is -8.74. The molecule has 0 aromatic heterocycles. The zero-order chi connectivity index (χ0) is 47.9. The van der Waals surface area contributed by atoms with Gasteiger partial charge < -0.3 is 90.1 Å². The molecule has 5 aromatic carbocycles. The molecule has 2 aliphatic rings. The maximum atomic E-state index is 14.1. The lowest BCUT2D eigenvalue weighted by Crippen LogP contribution is -2.62. The number of ketones is 1. The van der Waals surface area contributed by atoms with Gasteiger partial charge in [0.2, 0.25) is 17.8 Å². The van der Waals surface area contributed by atoms with Gasteiger partial charge in [-0.25, -0.2) is 14.4 Å². The van der Waals surface area contributed by atoms with Crippen LogP contribution in [0.15, 0.2) is 66.7 Å². The Labute approximate surface area is 369 Å². The van der Waals surface area contributed by atoms with Crippen LogP contribution in [0, 0.1) is 0 Å². The van der Waals surface area contributed by atoms with Gasteiger partial charge in [-0.15, -0.1) is 0 Å². The van der Waals surface area contributed by atoms with E-state index in [-0.39, 0.29) is 18.4 Å². The fourth-order valence-electron chi connectivity index (χ4n) is 7.11. The van der Waals surface area contributed by atoms with Gasteiger partial charge in [-0.3, -0.25) is 4.79 Å². The van der Waals surface area contributed by atoms with Crippen LogP contribution in [0.2, 0.25) is 0 Å². The van der Waals surface area contributed by atoms with E-state index in [0.717, 1.165) is 36.4 Å². The molecule has 1 saturated heterocycles. The number of aromatic hydroxyl groups is 12. The van der Waals surface area contributed by atoms with Crippen LogP contribution < -0.4 is 4.74 Å². The number of hydrogen-bond acceptors (Lipinski definition) is 22. The largest absolute Gasteiger partial charge is 0.507 e. The summed E-state index contributed by atoms with van der Waals surface area (Å²) in [7, 11) is 0. The number of carbonyl (C=O) groups excluding carboxylic acids is 4. The van der Waals surface area contributed by atoms with E-state index in [2.05, 4.69) is 0 Å². The smallest absolute Gasteiger partial charge is 0.339 e. The molecule has 22 nitrogen and oxygen atoms in total. The number of phenolic OH excluding ortho intramolecular Hbond substituents is 12. The van der Waals surface area contributed by atoms with E-state index in [1.807, 2.05) is 0 Å². The molecular formula is C44H36O22. The number of aliphatic hydroxyl groups excluding tert-OH is 1. The molecule has 0 unspecified atom stereocenters. The third-order valence-corrected chi connectivity index (χ3v) is 10.4. The van der Waals surface area contributed by atoms with Crippen LogP contribution in [0.4, 0.5) is 0 Å². The number of Topliss-reactive ketones (excluding diaryl/α,β-unsaturated/α-hetero) is 1. The van der Waals surface area contributed by atoms with Crippen molar-refractivity contribution in [2.24, 2.45) is 0 Å². The molecule has 2 aliphatic heterocycles. The van der Waals surface area contributed by atoms with Crippen LogP contribution in [0.5, 0.6) is 74.7 Å². The monoisotopic (exact) mass is 916 g/mol. The molecule has 22 heteroatoms. The Kier molecular flexibility index (Phi) is 12.2. The van der Waals surface area contributed by atoms with Crippen LogP contribution in [-0.4, -0.2) is 127 Å². The Morgan fingerprint density at radius 3 is 1.82 bits per heavy atom. The first-order valence-electron chi connectivity index (χ1n) is 19.2. The Morgan fingerprint density at radius 2 is 1.23 bits per heavy atom. The maximum absolute atomic E-state index is 14.1. The number of aliphatic hydroxyl groups is 1. The van der Waals surface area contributed by atoms with Gasteiger partial charge in [-0.05, 0) is 60.0 Å². The summed E-state index contributed by atoms with van der Waals surface area (Å²) in [4.78, 5) is 54.4. The highest BCUT2D eigenvalue weighted by Crippen LogP contribution is 2.53. The first-order chi connectivity index (χ1) is 31.2. The number of phenols is 12. The van der Waals surface area contributed by atoms with Crippen LogP contribution >= 0.6 is 0 Å². The molecule has 66 heavy (non-hydrogen) atoms. The molecule has 0 aliphatic carbocycles. The third kappa shape index (κ3) is 8.76. The Balaban J connectivity index is 1.25. The molecule has 5 atom stereocenters. The van der Waals surface area contributed by atoms with Crippen LogP contribution in [-0.2, 0) is 30.2 Å². The van der Waals surface area contributed by atoms with Crippen molar-refractivity contribution in [1.82, 2.24) is 0 Å². The Hall–Kier alpha value is -8.76. The predicted octanol–water partition coefficient (Wildman–Crippen LogP) is 3.12. The van der Waals surface area contributed by atoms with Crippen LogP contribution in [0.25, 0.3) is 17.2 Å². The summed E-state index contributed by atoms with van der Waals surface area (Å²) < 4.78 is 28.2. The average molecular weight is 917 g/mol. The fourth-order valence-corrected chi connectivity index (χ4v) is 7.11. The number of fused-ring (bicyclic) bond motifs is 4. The zero-order valence-electron chi connectivity index (χ0n) is 33.4. The first kappa shape index (κ1) is 45.3. The van der Waals surface area contributed by atoms with Crippen molar-refractivity contribution < 1.29 is 109 Å². The standard InChI is InChI=1S/C44H36O22/c45-21-5-1-16(9-24(21)48)3-7-23(47)34-26(50)11-18(12-27(34)51)63-44-39(59)41(65-31(54)8-4-17-2-6-22(46)25(49)10-17)40-30(64-44)15-62-42(60)19-13-28(52)35(55)37(57)32(19)33-20(43(61)66-40)14-29(53)36(56)38(33)58/h1-2,4-6,8-14,30,39-41,44-46,48-53,55-59H,3,7,15H2/b8-4+/t30-,39-,40-,41-,44-/m1/s1. The molecule has 0 bridgehead atoms. The summed E-state index contributed by atoms with van der Waals surface area (Å²) >= 11 is 0. The molecule has 0 spiro atoms. The fraction of sp³-hybridized carbons (Fsp3) is 0.182. The summed E-state index contributed by atoms with van der Waals surface area (Å²) in [6.45, 7) is -1.02. The highest BCUT2D eigenvalue weighted by molar-refractivity contribution is 6.08. The van der Waals surface area contributed by atoms with Gasteiger partial charge in [0.05, 0.1) is 11.1 Å². The average Bonchev–Trinajstić information content (AvgIpc) is 3.28. The maximum Gasteiger partial charge on any atom is 0.339 e. The van der Waals surface area contributed by atoms with Crippen molar-refractivity contribution in [2.75, 3.05) is 6.61 Å². The number of rotatable bonds is 9. The lowest BCUT2D eigenvalue weighted by Gasteiger charge is -2.42. The number of cyclic esters (lactones) is 1. The van der Waals surface area contributed by atoms with Gasteiger partial charge in [0, 0.05) is 35.8 Å². The highest BCUT2D eigenvalue weighted by Gasteiger charge is 2.52. The van der Waals surface area contributed by atoms with Gasteiger partial charge in [0.15, 0.2) is 70.1 Å². The number of carbonyl (C=O) groups is 4. The second-order valence-corrected chi connectivity index (χ2v) is 14.7. The number of ether oxygens (including phenoxy) is 5. The minimum atomic E-state index is -2.24. The summed E-state index contributed by atoms with van der Waals surface area (Å²) in [5.74, 6) is -16.6. The van der Waals surface area contributed by atoms with E-state index < -0.39 is 164 Å².